The molecule has 0 aromatic carbocycles. The van der Waals surface area contributed by atoms with Crippen molar-refractivity contribution in [3.63, 3.8) is 0 Å². The molecule has 0 radical (unpaired) electrons. The van der Waals surface area contributed by atoms with Crippen LogP contribution < -0.4 is 16.8 Å². The quantitative estimate of drug-likeness (QED) is 0.0300. The van der Waals surface area contributed by atoms with E-state index in [9.17, 15) is 14.7 Å². The number of Topliss-reactive ketones (excluding diaryl/α,β-unsaturated/α-hetero) is 1. The molecule has 0 aliphatic carbocycles. The van der Waals surface area contributed by atoms with E-state index in [2.05, 4.69) is 24.4 Å². The molecule has 0 aromatic heterocycles. The van der Waals surface area contributed by atoms with Crippen molar-refractivity contribution in [2.75, 3.05) is 19.6 Å². The second kappa shape index (κ2) is 35.1. The number of hydrogen-bond acceptors (Lipinski definition) is 5. The molecule has 0 amide bonds. The molecule has 0 rings (SSSR count). The highest BCUT2D eigenvalue weighted by molar-refractivity contribution is 6.08. The zero-order valence-corrected chi connectivity index (χ0v) is 30.6. The first kappa shape index (κ1) is 44.8. The van der Waals surface area contributed by atoms with Gasteiger partial charge >= 0.3 is 5.97 Å². The molecule has 0 aliphatic heterocycles. The molecule has 0 aliphatic rings. The number of aliphatic carboxylic acids is 1. The lowest BCUT2D eigenvalue weighted by Crippen LogP contribution is -2.58. The van der Waals surface area contributed by atoms with Gasteiger partial charge in [0.15, 0.2) is 11.3 Å². The summed E-state index contributed by atoms with van der Waals surface area (Å²) in [4.78, 5) is 23.4. The number of carbonyl (C=O) groups is 2. The first-order chi connectivity index (χ1) is 22.5. The zero-order chi connectivity index (χ0) is 33.8. The normalized spacial score (nSPS) is 13.0. The molecule has 6 N–H and O–H groups in total. The molecule has 272 valence electrons. The maximum atomic E-state index is 12.1. The van der Waals surface area contributed by atoms with Crippen molar-refractivity contribution in [1.82, 2.24) is 5.32 Å². The van der Waals surface area contributed by atoms with Crippen LogP contribution in [0.15, 0.2) is 12.2 Å². The number of carboxylic acid groups (broad SMARTS) is 1. The van der Waals surface area contributed by atoms with Crippen molar-refractivity contribution in [2.45, 2.75) is 212 Å². The molecule has 0 aromatic rings. The van der Waals surface area contributed by atoms with Gasteiger partial charge in [0, 0.05) is 0 Å². The number of rotatable bonds is 38. The van der Waals surface area contributed by atoms with Gasteiger partial charge in [0.25, 0.3) is 0 Å². The predicted molar refractivity (Wildman–Crippen MR) is 199 cm³/mol. The second-order valence-corrected chi connectivity index (χ2v) is 14.0. The molecule has 0 fully saturated rings. The lowest BCUT2D eigenvalue weighted by molar-refractivity contribution is -0.148. The third-order valence-electron chi connectivity index (χ3n) is 9.57. The van der Waals surface area contributed by atoms with Crippen LogP contribution in [0.5, 0.6) is 0 Å². The van der Waals surface area contributed by atoms with Crippen LogP contribution in [-0.2, 0) is 9.59 Å². The zero-order valence-electron chi connectivity index (χ0n) is 30.6. The number of carboxylic acids is 1. The van der Waals surface area contributed by atoms with E-state index >= 15 is 0 Å². The van der Waals surface area contributed by atoms with Crippen LogP contribution in [0.3, 0.4) is 0 Å². The average molecular weight is 650 g/mol. The number of ketones is 1. The van der Waals surface area contributed by atoms with Crippen LogP contribution in [0.1, 0.15) is 206 Å². The summed E-state index contributed by atoms with van der Waals surface area (Å²) in [6.07, 6.45) is 45.9. The standard InChI is InChI=1S/C40H79N3O3/c1-2-3-4-5-6-7-8-9-10-11-12-13-14-15-16-17-18-19-20-21-22-23-24-25-26-27-28-29-30-31-32-33-36-43-37-38(44)40(42,34-35-41)39(45)46/h25-26,43H,2-24,27-37,41-42H2,1H3,(H,45,46)/b26-25-. The third-order valence-corrected chi connectivity index (χ3v) is 9.57. The van der Waals surface area contributed by atoms with Gasteiger partial charge in [-0.2, -0.15) is 0 Å². The van der Waals surface area contributed by atoms with Crippen molar-refractivity contribution in [2.24, 2.45) is 11.5 Å². The minimum absolute atomic E-state index is 0.0191. The molecular weight excluding hydrogens is 570 g/mol. The Morgan fingerprint density at radius 1 is 0.565 bits per heavy atom. The maximum Gasteiger partial charge on any atom is 0.331 e. The average Bonchev–Trinajstić information content (AvgIpc) is 3.04. The van der Waals surface area contributed by atoms with Crippen molar-refractivity contribution < 1.29 is 14.7 Å². The molecule has 0 heterocycles. The summed E-state index contributed by atoms with van der Waals surface area (Å²) in [5.41, 5.74) is 9.27. The maximum absolute atomic E-state index is 12.1. The lowest BCUT2D eigenvalue weighted by atomic mass is 9.91. The van der Waals surface area contributed by atoms with Gasteiger partial charge in [0.1, 0.15) is 0 Å². The van der Waals surface area contributed by atoms with Gasteiger partial charge in [0.05, 0.1) is 6.54 Å². The van der Waals surface area contributed by atoms with E-state index < -0.39 is 17.3 Å². The van der Waals surface area contributed by atoms with Crippen molar-refractivity contribution >= 4 is 11.8 Å². The molecule has 1 atom stereocenters. The number of allylic oxidation sites excluding steroid dienone is 2. The van der Waals surface area contributed by atoms with Crippen LogP contribution in [0.4, 0.5) is 0 Å². The first-order valence-corrected chi connectivity index (χ1v) is 20.1. The molecule has 6 heteroatoms. The Morgan fingerprint density at radius 2 is 0.891 bits per heavy atom. The van der Waals surface area contributed by atoms with Gasteiger partial charge in [-0.15, -0.1) is 0 Å². The van der Waals surface area contributed by atoms with Crippen molar-refractivity contribution in [3.8, 4) is 0 Å². The van der Waals surface area contributed by atoms with Crippen LogP contribution in [0.25, 0.3) is 0 Å². The first-order valence-electron chi connectivity index (χ1n) is 20.1. The van der Waals surface area contributed by atoms with Gasteiger partial charge in [-0.1, -0.05) is 180 Å². The van der Waals surface area contributed by atoms with E-state index in [1.54, 1.807) is 0 Å². The van der Waals surface area contributed by atoms with Gasteiger partial charge in [0.2, 0.25) is 0 Å². The molecule has 6 nitrogen and oxygen atoms in total. The SMILES string of the molecule is CCCCCCCCCCCCCCCCCCCCCCCC/C=C\CCCCCCCCNCC(=O)C(N)(CCN)C(=O)O. The molecule has 0 spiro atoms. The lowest BCUT2D eigenvalue weighted by Gasteiger charge is -2.22. The van der Waals surface area contributed by atoms with Gasteiger partial charge in [-0.25, -0.2) is 4.79 Å². The van der Waals surface area contributed by atoms with E-state index in [1.807, 2.05) is 0 Å². The van der Waals surface area contributed by atoms with E-state index in [0.29, 0.717) is 6.54 Å². The predicted octanol–water partition coefficient (Wildman–Crippen LogP) is 10.6. The molecule has 0 saturated heterocycles. The Morgan fingerprint density at radius 3 is 1.22 bits per heavy atom. The van der Waals surface area contributed by atoms with E-state index in [4.69, 9.17) is 11.5 Å². The van der Waals surface area contributed by atoms with Gasteiger partial charge < -0.3 is 21.9 Å². The van der Waals surface area contributed by atoms with Crippen LogP contribution in [0, 0.1) is 0 Å². The highest BCUT2D eigenvalue weighted by atomic mass is 16.4. The second-order valence-electron chi connectivity index (χ2n) is 14.0. The van der Waals surface area contributed by atoms with Gasteiger partial charge in [-0.3, -0.25) is 4.79 Å². The van der Waals surface area contributed by atoms with Crippen LogP contribution in [0.2, 0.25) is 0 Å². The third kappa shape index (κ3) is 28.9. The highest BCUT2D eigenvalue weighted by Crippen LogP contribution is 2.16. The Labute approximate surface area is 286 Å². The fraction of sp³-hybridized carbons (Fsp3) is 0.900. The number of carbonyl (C=O) groups excluding carboxylic acids is 1. The molecular formula is C40H79N3O3. The molecule has 1 unspecified atom stereocenters. The van der Waals surface area contributed by atoms with E-state index in [1.165, 1.54) is 180 Å². The fourth-order valence-electron chi connectivity index (χ4n) is 6.28. The minimum Gasteiger partial charge on any atom is -0.480 e. The Hall–Kier alpha value is -1.24. The Balaban J connectivity index is 3.26. The summed E-state index contributed by atoms with van der Waals surface area (Å²) in [5, 5.41) is 12.3. The summed E-state index contributed by atoms with van der Waals surface area (Å²) < 4.78 is 0. The van der Waals surface area contributed by atoms with E-state index in [0.717, 1.165) is 12.8 Å². The Kier molecular flexibility index (Phi) is 34.1. The highest BCUT2D eigenvalue weighted by Gasteiger charge is 2.40. The topological polar surface area (TPSA) is 118 Å². The fourth-order valence-corrected chi connectivity index (χ4v) is 6.28. The number of nitrogens with two attached hydrogens (primary N) is 2. The smallest absolute Gasteiger partial charge is 0.331 e. The number of hydrogen-bond donors (Lipinski definition) is 4. The van der Waals surface area contributed by atoms with Crippen LogP contribution in [-0.4, -0.2) is 42.0 Å². The van der Waals surface area contributed by atoms with Crippen molar-refractivity contribution in [1.29, 1.82) is 0 Å². The summed E-state index contributed by atoms with van der Waals surface area (Å²) in [6.45, 7) is 3.05. The van der Waals surface area contributed by atoms with Crippen LogP contribution >= 0.6 is 0 Å². The monoisotopic (exact) mass is 650 g/mol. The minimum atomic E-state index is -1.87. The summed E-state index contributed by atoms with van der Waals surface area (Å²) in [5.74, 6) is -1.81. The van der Waals surface area contributed by atoms with E-state index in [-0.39, 0.29) is 19.5 Å². The number of unbranched alkanes of at least 4 members (excludes halogenated alkanes) is 28. The Bertz CT molecular complexity index is 699. The summed E-state index contributed by atoms with van der Waals surface area (Å²) in [7, 11) is 0. The summed E-state index contributed by atoms with van der Waals surface area (Å²) >= 11 is 0. The largest absolute Gasteiger partial charge is 0.480 e. The molecule has 46 heavy (non-hydrogen) atoms. The van der Waals surface area contributed by atoms with Gasteiger partial charge in [-0.05, 0) is 51.6 Å². The van der Waals surface area contributed by atoms with Crippen molar-refractivity contribution in [3.05, 3.63) is 12.2 Å². The number of nitrogens with one attached hydrogen (secondary N) is 1. The summed E-state index contributed by atoms with van der Waals surface area (Å²) in [6, 6.07) is 0. The molecule has 0 bridgehead atoms. The molecule has 0 saturated carbocycles.